The fraction of sp³-hybridized carbons (Fsp3) is 0.300. The first-order valence-corrected chi connectivity index (χ1v) is 5.41. The van der Waals surface area contributed by atoms with Gasteiger partial charge in [0.2, 0.25) is 0 Å². The summed E-state index contributed by atoms with van der Waals surface area (Å²) in [7, 11) is 0. The van der Waals surface area contributed by atoms with Crippen LogP contribution in [0.25, 0.3) is 0 Å². The van der Waals surface area contributed by atoms with Crippen molar-refractivity contribution in [1.82, 2.24) is 4.98 Å². The maximum atomic E-state index is 11.4. The molecule has 1 aromatic heterocycles. The van der Waals surface area contributed by atoms with Crippen LogP contribution in [0.5, 0.6) is 0 Å². The summed E-state index contributed by atoms with van der Waals surface area (Å²) in [5.74, 6) is -1.07. The van der Waals surface area contributed by atoms with E-state index in [-0.39, 0.29) is 15.9 Å². The zero-order valence-electron chi connectivity index (χ0n) is 9.21. The quantitative estimate of drug-likeness (QED) is 0.679. The zero-order valence-corrected chi connectivity index (χ0v) is 10.7. The summed E-state index contributed by atoms with van der Waals surface area (Å²) in [6.45, 7) is 2.54. The Morgan fingerprint density at radius 2 is 2.12 bits per heavy atom. The highest BCUT2D eigenvalue weighted by atomic mass is 35.5. The van der Waals surface area contributed by atoms with Gasteiger partial charge < -0.3 is 10.1 Å². The molecule has 0 radical (unpaired) electrons. The Hall–Kier alpha value is -1.33. The molecule has 1 heterocycles. The predicted octanol–water partition coefficient (Wildman–Crippen LogP) is 2.20. The highest BCUT2D eigenvalue weighted by Crippen LogP contribution is 2.29. The van der Waals surface area contributed by atoms with Gasteiger partial charge in [0, 0.05) is 12.6 Å². The van der Waals surface area contributed by atoms with Crippen LogP contribution >= 0.6 is 23.2 Å². The molecule has 0 fully saturated rings. The molecule has 0 spiro atoms. The van der Waals surface area contributed by atoms with Crippen LogP contribution in [0.3, 0.4) is 0 Å². The number of anilines is 1. The largest absolute Gasteiger partial charge is 0.456 e. The maximum Gasteiger partial charge on any atom is 0.303 e. The summed E-state index contributed by atoms with van der Waals surface area (Å²) in [5.41, 5.74) is 0.842. The monoisotopic (exact) mass is 276 g/mol. The number of aryl methyl sites for hydroxylation is 1. The summed E-state index contributed by atoms with van der Waals surface area (Å²) >= 11 is 11.7. The molecule has 1 amide bonds. The molecule has 92 valence electrons. The highest BCUT2D eigenvalue weighted by molar-refractivity contribution is 6.39. The maximum absolute atomic E-state index is 11.4. The lowest BCUT2D eigenvalue weighted by atomic mass is 10.3. The fourth-order valence-corrected chi connectivity index (χ4v) is 1.68. The molecule has 5 nitrogen and oxygen atoms in total. The van der Waals surface area contributed by atoms with Gasteiger partial charge in [-0.1, -0.05) is 23.2 Å². The van der Waals surface area contributed by atoms with Crippen LogP contribution in [-0.4, -0.2) is 23.5 Å². The van der Waals surface area contributed by atoms with Gasteiger partial charge in [-0.25, -0.2) is 4.98 Å². The van der Waals surface area contributed by atoms with Crippen molar-refractivity contribution in [2.24, 2.45) is 0 Å². The molecule has 0 unspecified atom stereocenters. The van der Waals surface area contributed by atoms with Crippen LogP contribution in [-0.2, 0) is 14.3 Å². The highest BCUT2D eigenvalue weighted by Gasteiger charge is 2.12. The summed E-state index contributed by atoms with van der Waals surface area (Å²) in [6.07, 6.45) is 0. The average Bonchev–Trinajstić information content (AvgIpc) is 2.20. The van der Waals surface area contributed by atoms with Gasteiger partial charge in [0.15, 0.2) is 11.8 Å². The van der Waals surface area contributed by atoms with E-state index in [0.717, 1.165) is 0 Å². The minimum atomic E-state index is -0.542. The van der Waals surface area contributed by atoms with Crippen molar-refractivity contribution in [3.63, 3.8) is 0 Å². The average molecular weight is 277 g/mol. The van der Waals surface area contributed by atoms with Crippen molar-refractivity contribution in [1.29, 1.82) is 0 Å². The number of ether oxygens (including phenoxy) is 1. The van der Waals surface area contributed by atoms with E-state index < -0.39 is 18.5 Å². The first-order chi connectivity index (χ1) is 7.90. The number of aromatic nitrogens is 1. The molecule has 0 saturated carbocycles. The van der Waals surface area contributed by atoms with E-state index in [4.69, 9.17) is 23.2 Å². The molecule has 0 aliphatic carbocycles. The van der Waals surface area contributed by atoms with Crippen molar-refractivity contribution in [3.05, 3.63) is 21.9 Å². The summed E-state index contributed by atoms with van der Waals surface area (Å²) in [6, 6.07) is 1.56. The molecule has 17 heavy (non-hydrogen) atoms. The molecule has 0 aliphatic heterocycles. The third kappa shape index (κ3) is 4.20. The molecule has 7 heteroatoms. The molecule has 1 rings (SSSR count). The molecular weight excluding hydrogens is 267 g/mol. The van der Waals surface area contributed by atoms with E-state index >= 15 is 0 Å². The number of nitrogens with zero attached hydrogens (tertiary/aromatic N) is 1. The molecule has 0 aliphatic rings. The number of esters is 1. The number of amides is 1. The van der Waals surface area contributed by atoms with Gasteiger partial charge >= 0.3 is 5.97 Å². The number of hydrogen-bond acceptors (Lipinski definition) is 4. The van der Waals surface area contributed by atoms with Gasteiger partial charge in [0.25, 0.3) is 5.91 Å². The molecule has 1 aromatic rings. The Morgan fingerprint density at radius 3 is 2.65 bits per heavy atom. The summed E-state index contributed by atoms with van der Waals surface area (Å²) < 4.78 is 4.52. The van der Waals surface area contributed by atoms with E-state index in [1.807, 2.05) is 0 Å². The van der Waals surface area contributed by atoms with Crippen LogP contribution < -0.4 is 5.32 Å². The second-order valence-corrected chi connectivity index (χ2v) is 4.00. The normalized spacial score (nSPS) is 9.88. The van der Waals surface area contributed by atoms with Gasteiger partial charge in [0.1, 0.15) is 0 Å². The van der Waals surface area contributed by atoms with Gasteiger partial charge in [-0.05, 0) is 13.0 Å². The third-order valence-corrected chi connectivity index (χ3v) is 2.30. The Balaban J connectivity index is 2.75. The minimum Gasteiger partial charge on any atom is -0.456 e. The van der Waals surface area contributed by atoms with E-state index in [2.05, 4.69) is 15.0 Å². The van der Waals surface area contributed by atoms with Gasteiger partial charge in [-0.3, -0.25) is 9.59 Å². The molecule has 0 saturated heterocycles. The standard InChI is InChI=1S/C10H10Cl2N2O3/c1-5-3-7(11)9(10(12)13-5)14-8(16)4-17-6(2)15/h3H,4H2,1-2H3,(H,14,16). The number of nitrogens with one attached hydrogen (secondary N) is 1. The van der Waals surface area contributed by atoms with Crippen molar-refractivity contribution in [3.8, 4) is 0 Å². The number of hydrogen-bond donors (Lipinski definition) is 1. The van der Waals surface area contributed by atoms with Crippen LogP contribution in [0.2, 0.25) is 10.2 Å². The molecule has 0 bridgehead atoms. The van der Waals surface area contributed by atoms with Gasteiger partial charge in [-0.15, -0.1) is 0 Å². The second kappa shape index (κ2) is 5.84. The van der Waals surface area contributed by atoms with Gasteiger partial charge in [0.05, 0.1) is 10.7 Å². The smallest absolute Gasteiger partial charge is 0.303 e. The van der Waals surface area contributed by atoms with Crippen molar-refractivity contribution >= 4 is 40.8 Å². The summed E-state index contributed by atoms with van der Waals surface area (Å²) in [4.78, 5) is 25.8. The first-order valence-electron chi connectivity index (χ1n) is 4.66. The number of carbonyl (C=O) groups excluding carboxylic acids is 2. The Bertz CT molecular complexity index is 440. The van der Waals surface area contributed by atoms with Crippen LogP contribution in [0.1, 0.15) is 12.6 Å². The third-order valence-electron chi connectivity index (χ3n) is 1.73. The fourth-order valence-electron chi connectivity index (χ4n) is 1.05. The van der Waals surface area contributed by atoms with Crippen LogP contribution in [0.4, 0.5) is 5.69 Å². The van der Waals surface area contributed by atoms with E-state index in [1.54, 1.807) is 13.0 Å². The van der Waals surface area contributed by atoms with Crippen molar-refractivity contribution < 1.29 is 14.3 Å². The number of rotatable bonds is 3. The lowest BCUT2D eigenvalue weighted by Crippen LogP contribution is -2.20. The second-order valence-electron chi connectivity index (χ2n) is 3.24. The Morgan fingerprint density at radius 1 is 1.47 bits per heavy atom. The van der Waals surface area contributed by atoms with Crippen LogP contribution in [0.15, 0.2) is 6.07 Å². The number of halogens is 2. The van der Waals surface area contributed by atoms with Crippen molar-refractivity contribution in [2.45, 2.75) is 13.8 Å². The Kier molecular flexibility index (Phi) is 4.72. The Labute approximate surface area is 108 Å². The number of pyridine rings is 1. The van der Waals surface area contributed by atoms with E-state index in [0.29, 0.717) is 5.69 Å². The molecule has 0 atom stereocenters. The van der Waals surface area contributed by atoms with Gasteiger partial charge in [-0.2, -0.15) is 0 Å². The topological polar surface area (TPSA) is 68.3 Å². The van der Waals surface area contributed by atoms with E-state index in [9.17, 15) is 9.59 Å². The zero-order chi connectivity index (χ0) is 13.0. The SMILES string of the molecule is CC(=O)OCC(=O)Nc1c(Cl)cc(C)nc1Cl. The molecular formula is C10H10Cl2N2O3. The predicted molar refractivity (Wildman–Crippen MR) is 64.3 cm³/mol. The summed E-state index contributed by atoms with van der Waals surface area (Å²) in [5, 5.41) is 2.78. The number of carbonyl (C=O) groups is 2. The van der Waals surface area contributed by atoms with E-state index in [1.165, 1.54) is 6.92 Å². The van der Waals surface area contributed by atoms with Crippen LogP contribution in [0, 0.1) is 6.92 Å². The lowest BCUT2D eigenvalue weighted by molar-refractivity contribution is -0.144. The first kappa shape index (κ1) is 13.7. The molecule has 1 N–H and O–H groups in total. The van der Waals surface area contributed by atoms with Crippen molar-refractivity contribution in [2.75, 3.05) is 11.9 Å². The lowest BCUT2D eigenvalue weighted by Gasteiger charge is -2.09. The molecule has 0 aromatic carbocycles. The minimum absolute atomic E-state index is 0.0891.